The van der Waals surface area contributed by atoms with E-state index in [1.165, 1.54) is 12.0 Å². The minimum atomic E-state index is -0.414. The lowest BCUT2D eigenvalue weighted by Gasteiger charge is -2.39. The SMILES string of the molecule is CCOC(=O)CC(=O)N1CCC2(CCN(Cc3ccccc3)C2)CC1. The smallest absolute Gasteiger partial charge is 0.315 e. The Kier molecular flexibility index (Phi) is 5.74. The standard InChI is InChI=1S/C20H28N2O3/c1-2-25-19(24)14-18(23)22-12-9-20(10-13-22)8-11-21(16-20)15-17-6-4-3-5-7-17/h3-7H,2,8-16H2,1H3. The van der Waals surface area contributed by atoms with Gasteiger partial charge in [-0.2, -0.15) is 0 Å². The summed E-state index contributed by atoms with van der Waals surface area (Å²) in [5.41, 5.74) is 1.71. The highest BCUT2D eigenvalue weighted by Gasteiger charge is 2.41. The van der Waals surface area contributed by atoms with Gasteiger partial charge in [0.1, 0.15) is 6.42 Å². The van der Waals surface area contributed by atoms with Gasteiger partial charge >= 0.3 is 5.97 Å². The number of rotatable bonds is 5. The third-order valence-corrected chi connectivity index (χ3v) is 5.54. The molecule has 1 amide bonds. The lowest BCUT2D eigenvalue weighted by Crippen LogP contribution is -2.44. The number of nitrogens with zero attached hydrogens (tertiary/aromatic N) is 2. The molecule has 0 radical (unpaired) electrons. The van der Waals surface area contributed by atoms with Gasteiger partial charge < -0.3 is 9.64 Å². The molecule has 0 N–H and O–H groups in total. The maximum Gasteiger partial charge on any atom is 0.315 e. The number of piperidine rings is 1. The van der Waals surface area contributed by atoms with Crippen LogP contribution in [0.2, 0.25) is 0 Å². The molecule has 0 saturated carbocycles. The molecule has 2 heterocycles. The van der Waals surface area contributed by atoms with E-state index in [0.717, 1.165) is 45.6 Å². The van der Waals surface area contributed by atoms with Crippen molar-refractivity contribution in [3.8, 4) is 0 Å². The Bertz CT molecular complexity index is 594. The number of hydrogen-bond acceptors (Lipinski definition) is 4. The fourth-order valence-corrected chi connectivity index (χ4v) is 4.09. The maximum absolute atomic E-state index is 12.2. The molecule has 0 aromatic heterocycles. The predicted octanol–water partition coefficient (Wildman–Crippen LogP) is 2.45. The first-order valence-corrected chi connectivity index (χ1v) is 9.30. The highest BCUT2D eigenvalue weighted by molar-refractivity contribution is 5.94. The van der Waals surface area contributed by atoms with Crippen LogP contribution in [0.25, 0.3) is 0 Å². The molecule has 1 aromatic carbocycles. The second-order valence-corrected chi connectivity index (χ2v) is 7.31. The van der Waals surface area contributed by atoms with Gasteiger partial charge in [-0.3, -0.25) is 14.5 Å². The number of likely N-dealkylation sites (tertiary alicyclic amines) is 2. The molecule has 5 nitrogen and oxygen atoms in total. The van der Waals surface area contributed by atoms with Crippen LogP contribution in [0.5, 0.6) is 0 Å². The molecule has 0 aliphatic carbocycles. The monoisotopic (exact) mass is 344 g/mol. The summed E-state index contributed by atoms with van der Waals surface area (Å²) in [7, 11) is 0. The maximum atomic E-state index is 12.2. The van der Waals surface area contributed by atoms with Crippen molar-refractivity contribution in [2.75, 3.05) is 32.8 Å². The van der Waals surface area contributed by atoms with Gasteiger partial charge in [-0.15, -0.1) is 0 Å². The van der Waals surface area contributed by atoms with E-state index in [2.05, 4.69) is 35.2 Å². The summed E-state index contributed by atoms with van der Waals surface area (Å²) >= 11 is 0. The number of hydrogen-bond donors (Lipinski definition) is 0. The molecular weight excluding hydrogens is 316 g/mol. The van der Waals surface area contributed by atoms with Crippen molar-refractivity contribution >= 4 is 11.9 Å². The third kappa shape index (κ3) is 4.60. The van der Waals surface area contributed by atoms with Crippen LogP contribution in [0, 0.1) is 5.41 Å². The van der Waals surface area contributed by atoms with Crippen molar-refractivity contribution in [1.82, 2.24) is 9.80 Å². The highest BCUT2D eigenvalue weighted by Crippen LogP contribution is 2.40. The fraction of sp³-hybridized carbons (Fsp3) is 0.600. The first-order valence-electron chi connectivity index (χ1n) is 9.30. The van der Waals surface area contributed by atoms with E-state index in [4.69, 9.17) is 4.74 Å². The number of carbonyl (C=O) groups is 2. The normalized spacial score (nSPS) is 20.0. The topological polar surface area (TPSA) is 49.9 Å². The van der Waals surface area contributed by atoms with Crippen LogP contribution < -0.4 is 0 Å². The lowest BCUT2D eigenvalue weighted by atomic mass is 9.77. The number of carbonyl (C=O) groups excluding carboxylic acids is 2. The van der Waals surface area contributed by atoms with Crippen LogP contribution in [-0.2, 0) is 20.9 Å². The Morgan fingerprint density at radius 2 is 1.76 bits per heavy atom. The molecule has 1 spiro atoms. The molecule has 0 unspecified atom stereocenters. The summed E-state index contributed by atoms with van der Waals surface area (Å²) in [4.78, 5) is 28.1. The molecule has 2 saturated heterocycles. The van der Waals surface area contributed by atoms with E-state index < -0.39 is 5.97 Å². The van der Waals surface area contributed by atoms with Gasteiger partial charge in [-0.05, 0) is 43.7 Å². The van der Waals surface area contributed by atoms with Gasteiger partial charge in [0.05, 0.1) is 6.61 Å². The summed E-state index contributed by atoms with van der Waals surface area (Å²) in [5.74, 6) is -0.505. The molecule has 2 aliphatic heterocycles. The largest absolute Gasteiger partial charge is 0.466 e. The van der Waals surface area contributed by atoms with Gasteiger partial charge in [-0.1, -0.05) is 30.3 Å². The molecule has 1 aromatic rings. The molecule has 0 bridgehead atoms. The Balaban J connectivity index is 1.47. The number of benzene rings is 1. The number of amides is 1. The van der Waals surface area contributed by atoms with Crippen molar-refractivity contribution in [3.63, 3.8) is 0 Å². The highest BCUT2D eigenvalue weighted by atomic mass is 16.5. The number of esters is 1. The average Bonchev–Trinajstić information content (AvgIpc) is 2.98. The first kappa shape index (κ1) is 17.9. The van der Waals surface area contributed by atoms with E-state index in [-0.39, 0.29) is 12.3 Å². The minimum Gasteiger partial charge on any atom is -0.466 e. The van der Waals surface area contributed by atoms with Crippen LogP contribution >= 0.6 is 0 Å². The Labute approximate surface area is 149 Å². The van der Waals surface area contributed by atoms with E-state index in [1.807, 2.05) is 4.90 Å². The molecular formula is C20H28N2O3. The van der Waals surface area contributed by atoms with E-state index in [1.54, 1.807) is 6.92 Å². The zero-order valence-corrected chi connectivity index (χ0v) is 15.1. The van der Waals surface area contributed by atoms with Crippen molar-refractivity contribution in [3.05, 3.63) is 35.9 Å². The third-order valence-electron chi connectivity index (χ3n) is 5.54. The Morgan fingerprint density at radius 1 is 1.08 bits per heavy atom. The van der Waals surface area contributed by atoms with E-state index in [0.29, 0.717) is 12.0 Å². The molecule has 2 aliphatic rings. The molecule has 3 rings (SSSR count). The Hall–Kier alpha value is -1.88. The van der Waals surface area contributed by atoms with Crippen LogP contribution in [0.15, 0.2) is 30.3 Å². The quantitative estimate of drug-likeness (QED) is 0.608. The molecule has 5 heteroatoms. The van der Waals surface area contributed by atoms with Gasteiger partial charge in [0.15, 0.2) is 0 Å². The van der Waals surface area contributed by atoms with Crippen molar-refractivity contribution in [2.45, 2.75) is 39.2 Å². The predicted molar refractivity (Wildman–Crippen MR) is 95.8 cm³/mol. The number of ether oxygens (including phenoxy) is 1. The van der Waals surface area contributed by atoms with E-state index in [9.17, 15) is 9.59 Å². The van der Waals surface area contributed by atoms with Gasteiger partial charge in [0, 0.05) is 26.2 Å². The minimum absolute atomic E-state index is 0.0903. The molecule has 2 fully saturated rings. The zero-order valence-electron chi connectivity index (χ0n) is 15.1. The first-order chi connectivity index (χ1) is 12.1. The van der Waals surface area contributed by atoms with Gasteiger partial charge in [0.25, 0.3) is 0 Å². The summed E-state index contributed by atoms with van der Waals surface area (Å²) < 4.78 is 4.87. The molecule has 0 atom stereocenters. The summed E-state index contributed by atoms with van der Waals surface area (Å²) in [6, 6.07) is 10.6. The van der Waals surface area contributed by atoms with Crippen LogP contribution in [0.1, 0.15) is 38.2 Å². The van der Waals surface area contributed by atoms with Crippen molar-refractivity contribution in [2.24, 2.45) is 5.41 Å². The lowest BCUT2D eigenvalue weighted by molar-refractivity contribution is -0.149. The second kappa shape index (κ2) is 8.00. The van der Waals surface area contributed by atoms with Gasteiger partial charge in [0.2, 0.25) is 5.91 Å². The van der Waals surface area contributed by atoms with E-state index >= 15 is 0 Å². The summed E-state index contributed by atoms with van der Waals surface area (Å²) in [6.45, 7) is 6.86. The van der Waals surface area contributed by atoms with Crippen LogP contribution in [0.3, 0.4) is 0 Å². The zero-order chi connectivity index (χ0) is 17.7. The fourth-order valence-electron chi connectivity index (χ4n) is 4.09. The van der Waals surface area contributed by atoms with Crippen LogP contribution in [-0.4, -0.2) is 54.5 Å². The van der Waals surface area contributed by atoms with Crippen LogP contribution in [0.4, 0.5) is 0 Å². The van der Waals surface area contributed by atoms with Crippen molar-refractivity contribution in [1.29, 1.82) is 0 Å². The Morgan fingerprint density at radius 3 is 2.44 bits per heavy atom. The summed E-state index contributed by atoms with van der Waals surface area (Å²) in [5, 5.41) is 0. The summed E-state index contributed by atoms with van der Waals surface area (Å²) in [6.07, 6.45) is 3.15. The van der Waals surface area contributed by atoms with Crippen molar-refractivity contribution < 1.29 is 14.3 Å². The average molecular weight is 344 g/mol. The second-order valence-electron chi connectivity index (χ2n) is 7.31. The molecule has 136 valence electrons. The molecule has 25 heavy (non-hydrogen) atoms. The van der Waals surface area contributed by atoms with Gasteiger partial charge in [-0.25, -0.2) is 0 Å².